The molecule has 2 bridgehead atoms. The molecule has 2 aliphatic heterocycles. The minimum absolute atomic E-state index is 0.00338. The number of halogens is 3. The number of rotatable bonds is 5. The highest BCUT2D eigenvalue weighted by atomic mass is 79.9. The number of alkyl halides is 2. The first-order valence-electron chi connectivity index (χ1n) is 12.7. The van der Waals surface area contributed by atoms with Crippen molar-refractivity contribution < 1.29 is 28.7 Å². The molecule has 11 heteroatoms. The Morgan fingerprint density at radius 3 is 2.26 bits per heavy atom. The number of carbonyl (C=O) groups is 4. The maximum absolute atomic E-state index is 13.4. The molecule has 4 aliphatic rings. The highest BCUT2D eigenvalue weighted by Gasteiger charge is 2.66. The Balaban J connectivity index is 1.17. The van der Waals surface area contributed by atoms with E-state index >= 15 is 0 Å². The third-order valence-electron chi connectivity index (χ3n) is 8.50. The molecule has 39 heavy (non-hydrogen) atoms. The van der Waals surface area contributed by atoms with Crippen molar-refractivity contribution in [1.29, 1.82) is 0 Å². The lowest BCUT2D eigenvalue weighted by molar-refractivity contribution is -0.139. The predicted molar refractivity (Wildman–Crippen MR) is 152 cm³/mol. The van der Waals surface area contributed by atoms with Crippen LogP contribution in [0.1, 0.15) is 18.4 Å². The van der Waals surface area contributed by atoms with E-state index in [4.69, 9.17) is 21.1 Å². The van der Waals surface area contributed by atoms with Gasteiger partial charge in [-0.1, -0.05) is 43.5 Å². The summed E-state index contributed by atoms with van der Waals surface area (Å²) in [5.41, 5.74) is 1.65. The number of fused-ring (bicyclic) bond motifs is 5. The van der Waals surface area contributed by atoms with E-state index in [1.807, 2.05) is 0 Å². The van der Waals surface area contributed by atoms with Gasteiger partial charge in [0.05, 0.1) is 36.2 Å². The van der Waals surface area contributed by atoms with E-state index in [2.05, 4.69) is 31.9 Å². The molecule has 0 N–H and O–H groups in total. The van der Waals surface area contributed by atoms with Crippen LogP contribution in [-0.4, -0.2) is 47.0 Å². The van der Waals surface area contributed by atoms with Crippen molar-refractivity contribution in [1.82, 2.24) is 0 Å². The van der Waals surface area contributed by atoms with Crippen LogP contribution in [0.3, 0.4) is 0 Å². The van der Waals surface area contributed by atoms with Gasteiger partial charge in [0.2, 0.25) is 17.7 Å². The standard InChI is InChI=1S/C28H25Br2ClN2O6/c1-12-7-15(39-28(37)13-8-21(34)32(11-13)19-9-14(31)3-6-20(19)38-2)4-5-18(12)33-26(35)22-16-10-17(23(22)27(33)36)25(30)24(16)29/h3-7,9,13,16-17,22-25H,8,10-11H2,1-2H3/t13-,16-,17-,22-,23+,24-,25+/m1/s1. The molecule has 8 nitrogen and oxygen atoms in total. The van der Waals surface area contributed by atoms with Gasteiger partial charge < -0.3 is 14.4 Å². The molecule has 4 fully saturated rings. The number of hydrogen-bond acceptors (Lipinski definition) is 6. The summed E-state index contributed by atoms with van der Waals surface area (Å²) < 4.78 is 11.0. The number of aryl methyl sites for hydroxylation is 1. The van der Waals surface area contributed by atoms with Gasteiger partial charge in [0.25, 0.3) is 0 Å². The van der Waals surface area contributed by atoms with Gasteiger partial charge in [-0.2, -0.15) is 0 Å². The molecule has 3 amide bonds. The lowest BCUT2D eigenvalue weighted by Crippen LogP contribution is -2.37. The van der Waals surface area contributed by atoms with Gasteiger partial charge in [0.15, 0.2) is 0 Å². The number of carbonyl (C=O) groups excluding carboxylic acids is 4. The molecule has 0 spiro atoms. The zero-order valence-electron chi connectivity index (χ0n) is 21.1. The van der Waals surface area contributed by atoms with E-state index in [0.717, 1.165) is 6.42 Å². The smallest absolute Gasteiger partial charge is 0.316 e. The topological polar surface area (TPSA) is 93.2 Å². The van der Waals surface area contributed by atoms with Crippen LogP contribution in [0.25, 0.3) is 0 Å². The van der Waals surface area contributed by atoms with E-state index in [1.165, 1.54) is 16.9 Å². The summed E-state index contributed by atoms with van der Waals surface area (Å²) >= 11 is 13.5. The number of benzene rings is 2. The van der Waals surface area contributed by atoms with Gasteiger partial charge in [-0.25, -0.2) is 4.90 Å². The summed E-state index contributed by atoms with van der Waals surface area (Å²) in [6, 6.07) is 9.84. The van der Waals surface area contributed by atoms with Gasteiger partial charge in [0.1, 0.15) is 11.5 Å². The normalized spacial score (nSPS) is 31.3. The van der Waals surface area contributed by atoms with E-state index in [1.54, 1.807) is 43.3 Å². The first kappa shape index (κ1) is 26.8. The van der Waals surface area contributed by atoms with Crippen molar-refractivity contribution in [2.45, 2.75) is 29.4 Å². The molecule has 0 aromatic heterocycles. The Bertz CT molecular complexity index is 1390. The van der Waals surface area contributed by atoms with Crippen molar-refractivity contribution >= 4 is 78.5 Å². The summed E-state index contributed by atoms with van der Waals surface area (Å²) in [5.74, 6) is -1.34. The Morgan fingerprint density at radius 2 is 1.64 bits per heavy atom. The van der Waals surface area contributed by atoms with Gasteiger partial charge in [-0.3, -0.25) is 19.2 Å². The van der Waals surface area contributed by atoms with E-state index in [0.29, 0.717) is 27.7 Å². The predicted octanol–water partition coefficient (Wildman–Crippen LogP) is 4.90. The number of esters is 1. The van der Waals surface area contributed by atoms with Crippen LogP contribution in [0, 0.1) is 36.5 Å². The van der Waals surface area contributed by atoms with Gasteiger partial charge in [-0.05, 0) is 67.1 Å². The van der Waals surface area contributed by atoms with Crippen LogP contribution < -0.4 is 19.3 Å². The van der Waals surface area contributed by atoms with E-state index in [-0.39, 0.29) is 69.8 Å². The van der Waals surface area contributed by atoms with Crippen molar-refractivity contribution in [3.8, 4) is 11.5 Å². The second kappa shape index (κ2) is 9.89. The minimum atomic E-state index is -0.674. The van der Waals surface area contributed by atoms with E-state index < -0.39 is 11.9 Å². The van der Waals surface area contributed by atoms with Crippen LogP contribution in [0.5, 0.6) is 11.5 Å². The van der Waals surface area contributed by atoms with Crippen LogP contribution in [0.4, 0.5) is 11.4 Å². The zero-order chi connectivity index (χ0) is 27.7. The van der Waals surface area contributed by atoms with Gasteiger partial charge in [-0.15, -0.1) is 0 Å². The summed E-state index contributed by atoms with van der Waals surface area (Å²) in [4.78, 5) is 55.7. The van der Waals surface area contributed by atoms with Crippen LogP contribution in [0.2, 0.25) is 5.02 Å². The molecule has 7 atom stereocenters. The molecule has 2 saturated heterocycles. The molecule has 6 rings (SSSR count). The molecule has 2 aliphatic carbocycles. The Labute approximate surface area is 247 Å². The molecular formula is C28H25Br2ClN2O6. The molecule has 0 unspecified atom stereocenters. The number of amides is 3. The van der Waals surface area contributed by atoms with E-state index in [9.17, 15) is 19.2 Å². The SMILES string of the molecule is COc1ccc(Cl)cc1N1C[C@H](C(=O)Oc2ccc(N3C(=O)[C@@H]4[C@H]5C[C@@H]([C@H](Br)[C@@H]5Br)[C@@H]4C3=O)c(C)c2)CC1=O. The fourth-order valence-electron chi connectivity index (χ4n) is 6.70. The quantitative estimate of drug-likeness (QED) is 0.193. The molecule has 204 valence electrons. The first-order chi connectivity index (χ1) is 18.6. The molecule has 2 heterocycles. The molecule has 0 radical (unpaired) electrons. The van der Waals surface area contributed by atoms with Crippen molar-refractivity contribution in [3.63, 3.8) is 0 Å². The monoisotopic (exact) mass is 678 g/mol. The van der Waals surface area contributed by atoms with Crippen LogP contribution in [-0.2, 0) is 19.2 Å². The number of anilines is 2. The zero-order valence-corrected chi connectivity index (χ0v) is 25.0. The van der Waals surface area contributed by atoms with Crippen LogP contribution >= 0.6 is 43.5 Å². The summed E-state index contributed by atoms with van der Waals surface area (Å²) in [6.07, 6.45) is 0.863. The summed E-state index contributed by atoms with van der Waals surface area (Å²) in [6.45, 7) is 1.92. The Morgan fingerprint density at radius 1 is 0.974 bits per heavy atom. The third kappa shape index (κ3) is 4.21. The summed E-state index contributed by atoms with van der Waals surface area (Å²) in [5, 5.41) is 0.450. The molecule has 2 aromatic carbocycles. The minimum Gasteiger partial charge on any atom is -0.495 e. The first-order valence-corrected chi connectivity index (χ1v) is 14.9. The molecule has 2 saturated carbocycles. The van der Waals surface area contributed by atoms with Crippen molar-refractivity contribution in [3.05, 3.63) is 47.0 Å². The average Bonchev–Trinajstić information content (AvgIpc) is 3.62. The maximum Gasteiger partial charge on any atom is 0.316 e. The van der Waals surface area contributed by atoms with Crippen LogP contribution in [0.15, 0.2) is 36.4 Å². The molecule has 2 aromatic rings. The number of hydrogen-bond donors (Lipinski definition) is 0. The largest absolute Gasteiger partial charge is 0.495 e. The van der Waals surface area contributed by atoms with Gasteiger partial charge >= 0.3 is 5.97 Å². The second-order valence-corrected chi connectivity index (χ2v) is 13.2. The second-order valence-electron chi connectivity index (χ2n) is 10.6. The lowest BCUT2D eigenvalue weighted by Gasteiger charge is -2.28. The summed E-state index contributed by atoms with van der Waals surface area (Å²) in [7, 11) is 1.50. The number of methoxy groups -OCH3 is 1. The Kier molecular flexibility index (Phi) is 6.79. The van der Waals surface area contributed by atoms with Crippen molar-refractivity contribution in [2.75, 3.05) is 23.5 Å². The fourth-order valence-corrected chi connectivity index (χ4v) is 8.74. The van der Waals surface area contributed by atoms with Gasteiger partial charge in [0, 0.05) is 27.6 Å². The number of nitrogens with zero attached hydrogens (tertiary/aromatic N) is 2. The third-order valence-corrected chi connectivity index (χ3v) is 11.9. The highest BCUT2D eigenvalue weighted by Crippen LogP contribution is 2.60. The Hall–Kier alpha value is -2.43. The van der Waals surface area contributed by atoms with Crippen molar-refractivity contribution in [2.24, 2.45) is 29.6 Å². The fraction of sp³-hybridized carbons (Fsp3) is 0.429. The highest BCUT2D eigenvalue weighted by molar-refractivity contribution is 9.12. The molecular weight excluding hydrogens is 656 g/mol. The number of ether oxygens (including phenoxy) is 2. The lowest BCUT2D eigenvalue weighted by atomic mass is 9.81. The average molecular weight is 681 g/mol. The maximum atomic E-state index is 13.4. The number of imide groups is 1.